The van der Waals surface area contributed by atoms with Gasteiger partial charge in [0.15, 0.2) is 0 Å². The predicted molar refractivity (Wildman–Crippen MR) is 100 cm³/mol. The molecule has 0 spiro atoms. The highest BCUT2D eigenvalue weighted by Gasteiger charge is 1.75. The number of halogens is 2. The van der Waals surface area contributed by atoms with E-state index in [1.807, 2.05) is 32.0 Å². The van der Waals surface area contributed by atoms with Gasteiger partial charge in [-0.25, -0.2) is 0 Å². The number of rotatable bonds is 0. The number of allylic oxidation sites excluding steroid dienone is 2. The molecule has 0 atom stereocenters. The molecule has 0 saturated heterocycles. The van der Waals surface area contributed by atoms with Gasteiger partial charge in [-0.2, -0.15) is 0 Å². The van der Waals surface area contributed by atoms with Crippen LogP contribution in [0.3, 0.4) is 0 Å². The SMILES string of the molecule is CC.CC(C)=C(C)C.Cc1ccccc1.II. The maximum Gasteiger partial charge on any atom is 0 e. The summed E-state index contributed by atoms with van der Waals surface area (Å²) in [5.74, 6) is 0. The van der Waals surface area contributed by atoms with Crippen molar-refractivity contribution in [2.24, 2.45) is 0 Å². The van der Waals surface area contributed by atoms with Crippen molar-refractivity contribution in [1.29, 1.82) is 0 Å². The van der Waals surface area contributed by atoms with Crippen LogP contribution in [0.1, 0.15) is 47.1 Å². The van der Waals surface area contributed by atoms with E-state index in [4.69, 9.17) is 0 Å². The summed E-state index contributed by atoms with van der Waals surface area (Å²) >= 11 is 4.24. The van der Waals surface area contributed by atoms with E-state index in [9.17, 15) is 0 Å². The van der Waals surface area contributed by atoms with E-state index >= 15 is 0 Å². The van der Waals surface area contributed by atoms with Crippen molar-refractivity contribution in [2.75, 3.05) is 0 Å². The van der Waals surface area contributed by atoms with Crippen molar-refractivity contribution in [2.45, 2.75) is 48.5 Å². The lowest BCUT2D eigenvalue weighted by Crippen LogP contribution is -1.66. The minimum absolute atomic E-state index is 1.32. The second kappa shape index (κ2) is 18.8. The highest BCUT2D eigenvalue weighted by molar-refractivity contribution is 15.0. The van der Waals surface area contributed by atoms with Gasteiger partial charge in [-0.15, -0.1) is 0 Å². The first-order chi connectivity index (χ1) is 8.04. The smallest absolute Gasteiger partial charge is 0 e. The lowest BCUT2D eigenvalue weighted by Gasteiger charge is -1.88. The zero-order valence-electron chi connectivity index (χ0n) is 12.1. The summed E-state index contributed by atoms with van der Waals surface area (Å²) in [5, 5.41) is 0. The molecule has 0 aromatic heterocycles. The highest BCUT2D eigenvalue weighted by Crippen LogP contribution is 1.97. The number of aryl methyl sites for hydroxylation is 1. The summed E-state index contributed by atoms with van der Waals surface area (Å²) < 4.78 is 0. The second-order valence-corrected chi connectivity index (χ2v) is 3.65. The molecule has 0 unspecified atom stereocenters. The molecule has 0 aliphatic heterocycles. The lowest BCUT2D eigenvalue weighted by atomic mass is 10.2. The first kappa shape index (κ1) is 22.6. The zero-order valence-corrected chi connectivity index (χ0v) is 16.5. The molecule has 17 heavy (non-hydrogen) atoms. The van der Waals surface area contributed by atoms with Crippen LogP contribution in [0.5, 0.6) is 0 Å². The molecule has 0 amide bonds. The van der Waals surface area contributed by atoms with Gasteiger partial charge in [0.2, 0.25) is 0 Å². The van der Waals surface area contributed by atoms with Gasteiger partial charge in [0, 0.05) is 37.2 Å². The van der Waals surface area contributed by atoms with Crippen molar-refractivity contribution < 1.29 is 0 Å². The van der Waals surface area contributed by atoms with Crippen LogP contribution in [0.25, 0.3) is 0 Å². The Morgan fingerprint density at radius 2 is 1.06 bits per heavy atom. The number of hydrogen-bond donors (Lipinski definition) is 0. The summed E-state index contributed by atoms with van der Waals surface area (Å²) in [6.07, 6.45) is 0. The molecular formula is C15H26I2. The quantitative estimate of drug-likeness (QED) is 0.285. The Hall–Kier alpha value is 0.420. The van der Waals surface area contributed by atoms with E-state index in [2.05, 4.69) is 84.0 Å². The van der Waals surface area contributed by atoms with Crippen LogP contribution in [0.2, 0.25) is 0 Å². The molecule has 0 aliphatic rings. The lowest BCUT2D eigenvalue weighted by molar-refractivity contribution is 1.23. The Morgan fingerprint density at radius 3 is 1.18 bits per heavy atom. The third-order valence-electron chi connectivity index (χ3n) is 1.94. The Balaban J connectivity index is -0.000000180. The second-order valence-electron chi connectivity index (χ2n) is 3.65. The van der Waals surface area contributed by atoms with E-state index in [1.54, 1.807) is 0 Å². The van der Waals surface area contributed by atoms with Gasteiger partial charge < -0.3 is 0 Å². The molecule has 0 fully saturated rings. The van der Waals surface area contributed by atoms with Crippen LogP contribution in [-0.4, -0.2) is 0 Å². The highest BCUT2D eigenvalue weighted by atomic mass is 128. The molecule has 0 saturated carbocycles. The molecule has 0 N–H and O–H groups in total. The Kier molecular flexibility index (Phi) is 24.9. The molecule has 0 bridgehead atoms. The van der Waals surface area contributed by atoms with Crippen molar-refractivity contribution in [3.63, 3.8) is 0 Å². The molecule has 0 heterocycles. The average molecular weight is 460 g/mol. The Morgan fingerprint density at radius 1 is 0.765 bits per heavy atom. The van der Waals surface area contributed by atoms with Crippen LogP contribution in [0, 0.1) is 6.92 Å². The van der Waals surface area contributed by atoms with Crippen LogP contribution in [0.15, 0.2) is 41.5 Å². The molecular weight excluding hydrogens is 434 g/mol. The topological polar surface area (TPSA) is 0 Å². The van der Waals surface area contributed by atoms with Gasteiger partial charge in [-0.05, 0) is 34.6 Å². The van der Waals surface area contributed by atoms with Crippen LogP contribution in [-0.2, 0) is 0 Å². The van der Waals surface area contributed by atoms with Gasteiger partial charge in [0.25, 0.3) is 0 Å². The van der Waals surface area contributed by atoms with Gasteiger partial charge >= 0.3 is 0 Å². The first-order valence-electron chi connectivity index (χ1n) is 5.80. The minimum atomic E-state index is 1.32. The fourth-order valence-corrected chi connectivity index (χ4v) is 0.534. The summed E-state index contributed by atoms with van der Waals surface area (Å²) in [5.41, 5.74) is 4.17. The van der Waals surface area contributed by atoms with Crippen LogP contribution >= 0.6 is 37.2 Å². The monoisotopic (exact) mass is 460 g/mol. The predicted octanol–water partition coefficient (Wildman–Crippen LogP) is 7.16. The molecule has 0 nitrogen and oxygen atoms in total. The average Bonchev–Trinajstić information content (AvgIpc) is 2.36. The molecule has 1 aromatic carbocycles. The molecule has 100 valence electrons. The molecule has 0 radical (unpaired) electrons. The summed E-state index contributed by atoms with van der Waals surface area (Å²) in [7, 11) is 0. The summed E-state index contributed by atoms with van der Waals surface area (Å²) in [4.78, 5) is 0. The molecule has 1 rings (SSSR count). The molecule has 0 aliphatic carbocycles. The maximum atomic E-state index is 2.12. The molecule has 1 aromatic rings. The Bertz CT molecular complexity index is 246. The van der Waals surface area contributed by atoms with E-state index in [0.717, 1.165) is 0 Å². The number of hydrogen-bond acceptors (Lipinski definition) is 0. The van der Waals surface area contributed by atoms with Crippen molar-refractivity contribution in [1.82, 2.24) is 0 Å². The Labute approximate surface area is 132 Å². The summed E-state index contributed by atoms with van der Waals surface area (Å²) in [6, 6.07) is 10.3. The third-order valence-corrected chi connectivity index (χ3v) is 1.94. The normalized spacial score (nSPS) is 7.12. The minimum Gasteiger partial charge on any atom is -0.0778 e. The van der Waals surface area contributed by atoms with Crippen LogP contribution < -0.4 is 0 Å². The van der Waals surface area contributed by atoms with Gasteiger partial charge in [-0.3, -0.25) is 0 Å². The third kappa shape index (κ3) is 22.1. The van der Waals surface area contributed by atoms with Gasteiger partial charge in [0.05, 0.1) is 0 Å². The van der Waals surface area contributed by atoms with Gasteiger partial charge in [0.1, 0.15) is 0 Å². The first-order valence-corrected chi connectivity index (χ1v) is 12.1. The van der Waals surface area contributed by atoms with E-state index < -0.39 is 0 Å². The van der Waals surface area contributed by atoms with E-state index in [-0.39, 0.29) is 0 Å². The van der Waals surface area contributed by atoms with E-state index in [1.165, 1.54) is 16.7 Å². The maximum absolute atomic E-state index is 2.12. The zero-order chi connectivity index (χ0) is 14.3. The van der Waals surface area contributed by atoms with Gasteiger partial charge in [-0.1, -0.05) is 60.9 Å². The van der Waals surface area contributed by atoms with Crippen molar-refractivity contribution >= 4 is 37.2 Å². The fraction of sp³-hybridized carbons (Fsp3) is 0.467. The standard InChI is InChI=1S/C7H8.C6H12.C2H6.I2/c1-7-5-3-2-4-6-7;1-5(2)6(3)4;2*1-2/h2-6H,1H3;1-4H3;1-2H3;. The van der Waals surface area contributed by atoms with E-state index in [0.29, 0.717) is 0 Å². The fourth-order valence-electron chi connectivity index (χ4n) is 0.534. The molecule has 2 heteroatoms. The largest absolute Gasteiger partial charge is 0.0778 e. The summed E-state index contributed by atoms with van der Waals surface area (Å²) in [6.45, 7) is 14.6. The van der Waals surface area contributed by atoms with Crippen molar-refractivity contribution in [3.8, 4) is 0 Å². The number of benzene rings is 1. The van der Waals surface area contributed by atoms with Crippen LogP contribution in [0.4, 0.5) is 0 Å². The van der Waals surface area contributed by atoms with Crippen molar-refractivity contribution in [3.05, 3.63) is 47.0 Å².